The number of alkyl halides is 3. The molecule has 0 spiro atoms. The average molecular weight is 492 g/mol. The average Bonchev–Trinajstić information content (AvgIpc) is 2.82. The molecule has 1 aromatic carbocycles. The molecule has 2 aromatic rings. The minimum atomic E-state index is -4.75. The van der Waals surface area contributed by atoms with Crippen molar-refractivity contribution >= 4 is 11.9 Å². The predicted molar refractivity (Wildman–Crippen MR) is 124 cm³/mol. The van der Waals surface area contributed by atoms with Crippen molar-refractivity contribution in [2.24, 2.45) is 0 Å². The SMILES string of the molecule is CCc1cnc(N(CCCC2=CCC(OCC(=O)O)C=C2)Cc2cccc(OC(F)(F)F)c2)nc1. The molecular formula is C25H28F3N3O4. The number of carbonyl (C=O) groups is 1. The molecular weight excluding hydrogens is 463 g/mol. The fourth-order valence-electron chi connectivity index (χ4n) is 3.61. The van der Waals surface area contributed by atoms with Gasteiger partial charge in [0.05, 0.1) is 6.10 Å². The lowest BCUT2D eigenvalue weighted by molar-refractivity contribution is -0.274. The minimum absolute atomic E-state index is 0.247. The van der Waals surface area contributed by atoms with Crippen molar-refractivity contribution in [3.05, 3.63) is 71.6 Å². The Balaban J connectivity index is 1.63. The van der Waals surface area contributed by atoms with Crippen LogP contribution in [0.1, 0.15) is 37.3 Å². The molecule has 1 heterocycles. The van der Waals surface area contributed by atoms with Gasteiger partial charge in [-0.05, 0) is 48.9 Å². The van der Waals surface area contributed by atoms with Crippen LogP contribution in [0.4, 0.5) is 19.1 Å². The summed E-state index contributed by atoms with van der Waals surface area (Å²) in [4.78, 5) is 21.5. The molecule has 1 aromatic heterocycles. The lowest BCUT2D eigenvalue weighted by atomic mass is 10.0. The van der Waals surface area contributed by atoms with E-state index in [1.165, 1.54) is 18.2 Å². The second kappa shape index (κ2) is 12.3. The summed E-state index contributed by atoms with van der Waals surface area (Å²) in [5, 5.41) is 8.72. The van der Waals surface area contributed by atoms with E-state index in [0.717, 1.165) is 30.4 Å². The maximum absolute atomic E-state index is 12.6. The first kappa shape index (κ1) is 26.2. The number of hydrogen-bond donors (Lipinski definition) is 1. The topological polar surface area (TPSA) is 84.8 Å². The van der Waals surface area contributed by atoms with E-state index in [4.69, 9.17) is 9.84 Å². The van der Waals surface area contributed by atoms with E-state index in [0.29, 0.717) is 31.0 Å². The Morgan fingerprint density at radius 1 is 1.23 bits per heavy atom. The molecule has 0 fully saturated rings. The zero-order valence-electron chi connectivity index (χ0n) is 19.4. The van der Waals surface area contributed by atoms with Crippen LogP contribution in [0.2, 0.25) is 0 Å². The van der Waals surface area contributed by atoms with Crippen LogP contribution in [0.25, 0.3) is 0 Å². The van der Waals surface area contributed by atoms with Crippen molar-refractivity contribution in [2.75, 3.05) is 18.1 Å². The number of hydrogen-bond acceptors (Lipinski definition) is 6. The largest absolute Gasteiger partial charge is 0.573 e. The molecule has 7 nitrogen and oxygen atoms in total. The zero-order valence-corrected chi connectivity index (χ0v) is 19.4. The summed E-state index contributed by atoms with van der Waals surface area (Å²) in [6, 6.07) is 5.89. The van der Waals surface area contributed by atoms with Crippen molar-refractivity contribution in [1.82, 2.24) is 9.97 Å². The van der Waals surface area contributed by atoms with E-state index >= 15 is 0 Å². The number of carboxylic acids is 1. The summed E-state index contributed by atoms with van der Waals surface area (Å²) in [7, 11) is 0. The highest BCUT2D eigenvalue weighted by Gasteiger charge is 2.31. The number of aromatic nitrogens is 2. The first-order valence-corrected chi connectivity index (χ1v) is 11.3. The Hall–Kier alpha value is -3.40. The van der Waals surface area contributed by atoms with Crippen molar-refractivity contribution in [1.29, 1.82) is 0 Å². The molecule has 0 radical (unpaired) electrons. The van der Waals surface area contributed by atoms with Crippen LogP contribution in [0.15, 0.2) is 60.5 Å². The second-order valence-corrected chi connectivity index (χ2v) is 8.08. The molecule has 3 rings (SSSR count). The van der Waals surface area contributed by atoms with Gasteiger partial charge in [0.15, 0.2) is 0 Å². The molecule has 0 saturated heterocycles. The van der Waals surface area contributed by atoms with Crippen LogP contribution < -0.4 is 9.64 Å². The number of aliphatic carboxylic acids is 1. The number of anilines is 1. The summed E-state index contributed by atoms with van der Waals surface area (Å²) < 4.78 is 47.2. The van der Waals surface area contributed by atoms with Crippen molar-refractivity contribution in [3.63, 3.8) is 0 Å². The molecule has 188 valence electrons. The maximum Gasteiger partial charge on any atom is 0.573 e. The third-order valence-electron chi connectivity index (χ3n) is 5.34. The number of halogens is 3. The van der Waals surface area contributed by atoms with Gasteiger partial charge in [-0.15, -0.1) is 13.2 Å². The molecule has 1 aliphatic carbocycles. The Kier molecular flexibility index (Phi) is 9.25. The fourth-order valence-corrected chi connectivity index (χ4v) is 3.61. The molecule has 1 aliphatic rings. The van der Waals surface area contributed by atoms with Crippen molar-refractivity contribution in [2.45, 2.75) is 51.6 Å². The summed E-state index contributed by atoms with van der Waals surface area (Å²) in [5.74, 6) is -0.771. The zero-order chi connectivity index (χ0) is 25.3. The third kappa shape index (κ3) is 9.05. The molecule has 0 amide bonds. The van der Waals surface area contributed by atoms with E-state index in [2.05, 4.69) is 14.7 Å². The van der Waals surface area contributed by atoms with Gasteiger partial charge in [0.2, 0.25) is 5.95 Å². The second-order valence-electron chi connectivity index (χ2n) is 8.08. The minimum Gasteiger partial charge on any atom is -0.480 e. The lowest BCUT2D eigenvalue weighted by Gasteiger charge is -2.24. The quantitative estimate of drug-likeness (QED) is 0.443. The Labute approximate surface area is 201 Å². The number of carboxylic acid groups (broad SMARTS) is 1. The summed E-state index contributed by atoms with van der Waals surface area (Å²) in [6.45, 7) is 2.57. The maximum atomic E-state index is 12.6. The van der Waals surface area contributed by atoms with Crippen molar-refractivity contribution in [3.8, 4) is 5.75 Å². The van der Waals surface area contributed by atoms with Crippen LogP contribution in [-0.2, 0) is 22.5 Å². The van der Waals surface area contributed by atoms with Crippen LogP contribution in [-0.4, -0.2) is 46.7 Å². The van der Waals surface area contributed by atoms with Gasteiger partial charge >= 0.3 is 12.3 Å². The number of benzene rings is 1. The van der Waals surface area contributed by atoms with Gasteiger partial charge in [-0.25, -0.2) is 14.8 Å². The standard InChI is InChI=1S/C25H28F3N3O4/c1-2-18-14-29-24(30-15-18)31(16-20-5-3-7-22(13-20)35-25(26,27)28)12-4-6-19-8-10-21(11-9-19)34-17-23(32)33/h3,5,7-10,13-15,21H,2,4,6,11-12,16-17H2,1H3,(H,32,33). The molecule has 0 bridgehead atoms. The summed E-state index contributed by atoms with van der Waals surface area (Å²) >= 11 is 0. The van der Waals surface area contributed by atoms with Crippen LogP contribution in [0, 0.1) is 0 Å². The molecule has 35 heavy (non-hydrogen) atoms. The Morgan fingerprint density at radius 3 is 2.63 bits per heavy atom. The van der Waals surface area contributed by atoms with Crippen LogP contribution in [0.3, 0.4) is 0 Å². The number of nitrogens with zero attached hydrogens (tertiary/aromatic N) is 3. The Morgan fingerprint density at radius 2 is 2.00 bits per heavy atom. The number of allylic oxidation sites excluding steroid dienone is 2. The molecule has 10 heteroatoms. The highest BCUT2D eigenvalue weighted by molar-refractivity contribution is 5.68. The summed E-state index contributed by atoms with van der Waals surface area (Å²) in [5.41, 5.74) is 2.75. The van der Waals surface area contributed by atoms with Crippen molar-refractivity contribution < 1.29 is 32.5 Å². The van der Waals surface area contributed by atoms with E-state index in [9.17, 15) is 18.0 Å². The number of aryl methyl sites for hydroxylation is 1. The van der Waals surface area contributed by atoms with E-state index < -0.39 is 12.3 Å². The molecule has 1 unspecified atom stereocenters. The van der Waals surface area contributed by atoms with Gasteiger partial charge in [0, 0.05) is 25.5 Å². The Bertz CT molecular complexity index is 1040. The van der Waals surface area contributed by atoms with Gasteiger partial charge in [-0.2, -0.15) is 0 Å². The molecule has 1 atom stereocenters. The third-order valence-corrected chi connectivity index (χ3v) is 5.34. The molecule has 0 saturated carbocycles. The first-order valence-electron chi connectivity index (χ1n) is 11.3. The molecule has 1 N–H and O–H groups in total. The van der Waals surface area contributed by atoms with E-state index in [-0.39, 0.29) is 18.5 Å². The van der Waals surface area contributed by atoms with E-state index in [1.807, 2.05) is 30.1 Å². The van der Waals surface area contributed by atoms with Crippen LogP contribution in [0.5, 0.6) is 5.75 Å². The number of rotatable bonds is 12. The summed E-state index contributed by atoms with van der Waals surface area (Å²) in [6.07, 6.45) is 7.26. The lowest BCUT2D eigenvalue weighted by Crippen LogP contribution is -2.26. The number of ether oxygens (including phenoxy) is 2. The molecule has 0 aliphatic heterocycles. The van der Waals surface area contributed by atoms with E-state index in [1.54, 1.807) is 18.5 Å². The van der Waals surface area contributed by atoms with Gasteiger partial charge < -0.3 is 19.5 Å². The smallest absolute Gasteiger partial charge is 0.480 e. The van der Waals surface area contributed by atoms with Gasteiger partial charge in [0.1, 0.15) is 12.4 Å². The van der Waals surface area contributed by atoms with Gasteiger partial charge in [-0.1, -0.05) is 42.9 Å². The monoisotopic (exact) mass is 491 g/mol. The first-order chi connectivity index (χ1) is 16.7. The highest BCUT2D eigenvalue weighted by atomic mass is 19.4. The fraction of sp³-hybridized carbons (Fsp3) is 0.400. The highest BCUT2D eigenvalue weighted by Crippen LogP contribution is 2.25. The predicted octanol–water partition coefficient (Wildman–Crippen LogP) is 5.08. The van der Waals surface area contributed by atoms with Gasteiger partial charge in [0.25, 0.3) is 0 Å². The van der Waals surface area contributed by atoms with Crippen LogP contribution >= 0.6 is 0 Å². The van der Waals surface area contributed by atoms with Gasteiger partial charge in [-0.3, -0.25) is 0 Å². The normalized spacial score (nSPS) is 15.5.